The van der Waals surface area contributed by atoms with Gasteiger partial charge in [0.15, 0.2) is 17.5 Å². The summed E-state index contributed by atoms with van der Waals surface area (Å²) in [5.41, 5.74) is 1.16. The van der Waals surface area contributed by atoms with Crippen LogP contribution in [0.5, 0.6) is 0 Å². The maximum atomic E-state index is 14.3. The van der Waals surface area contributed by atoms with E-state index in [1.807, 2.05) is 0 Å². The molecule has 2 heterocycles. The van der Waals surface area contributed by atoms with Crippen molar-refractivity contribution >= 4 is 16.8 Å². The van der Waals surface area contributed by atoms with Crippen molar-refractivity contribution in [3.63, 3.8) is 0 Å². The number of hydrogen-bond acceptors (Lipinski definition) is 1. The Hall–Kier alpha value is -2.83. The van der Waals surface area contributed by atoms with Gasteiger partial charge in [0.05, 0.1) is 5.52 Å². The number of fused-ring (bicyclic) bond motifs is 3. The van der Waals surface area contributed by atoms with Crippen molar-refractivity contribution in [2.24, 2.45) is 0 Å². The second-order valence-electron chi connectivity index (χ2n) is 5.95. The molecule has 0 spiro atoms. The molecule has 0 bridgehead atoms. The van der Waals surface area contributed by atoms with Crippen molar-refractivity contribution < 1.29 is 22.4 Å². The highest BCUT2D eigenvalue weighted by Gasteiger charge is 2.27. The van der Waals surface area contributed by atoms with Crippen LogP contribution >= 0.6 is 0 Å². The van der Waals surface area contributed by atoms with Crippen LogP contribution in [0.2, 0.25) is 0 Å². The number of halogens is 4. The summed E-state index contributed by atoms with van der Waals surface area (Å²) in [6.45, 7) is 2.45. The van der Waals surface area contributed by atoms with Crippen LogP contribution < -0.4 is 5.32 Å². The molecular formula is C18H12F4N2O. The lowest BCUT2D eigenvalue weighted by atomic mass is 10.0. The molecule has 1 aliphatic rings. The third-order valence-corrected chi connectivity index (χ3v) is 4.54. The molecule has 128 valence electrons. The first-order valence-corrected chi connectivity index (χ1v) is 7.64. The molecule has 0 unspecified atom stereocenters. The van der Waals surface area contributed by atoms with Crippen LogP contribution in [0.15, 0.2) is 24.3 Å². The van der Waals surface area contributed by atoms with Crippen molar-refractivity contribution in [3.05, 3.63) is 58.8 Å². The topological polar surface area (TPSA) is 34.0 Å². The Labute approximate surface area is 139 Å². The number of rotatable bonds is 1. The van der Waals surface area contributed by atoms with E-state index in [0.29, 0.717) is 35.2 Å². The average molecular weight is 348 g/mol. The summed E-state index contributed by atoms with van der Waals surface area (Å²) >= 11 is 0. The van der Waals surface area contributed by atoms with E-state index in [-0.39, 0.29) is 17.0 Å². The molecule has 1 amide bonds. The van der Waals surface area contributed by atoms with E-state index < -0.39 is 23.3 Å². The fourth-order valence-corrected chi connectivity index (χ4v) is 3.44. The summed E-state index contributed by atoms with van der Waals surface area (Å²) < 4.78 is 57.0. The first-order chi connectivity index (χ1) is 11.9. The van der Waals surface area contributed by atoms with Gasteiger partial charge in [-0.25, -0.2) is 17.6 Å². The third kappa shape index (κ3) is 2.15. The molecule has 1 N–H and O–H groups in total. The lowest BCUT2D eigenvalue weighted by molar-refractivity contribution is 0.0928. The van der Waals surface area contributed by atoms with Gasteiger partial charge in [-0.1, -0.05) is 0 Å². The number of aromatic nitrogens is 1. The highest BCUT2D eigenvalue weighted by molar-refractivity contribution is 6.06. The van der Waals surface area contributed by atoms with Crippen LogP contribution in [-0.4, -0.2) is 17.0 Å². The van der Waals surface area contributed by atoms with Crippen LogP contribution in [-0.2, 0) is 6.54 Å². The van der Waals surface area contributed by atoms with E-state index in [0.717, 1.165) is 18.2 Å². The Morgan fingerprint density at radius 2 is 1.80 bits per heavy atom. The molecule has 0 radical (unpaired) electrons. The van der Waals surface area contributed by atoms with E-state index in [2.05, 4.69) is 5.32 Å². The lowest BCUT2D eigenvalue weighted by Gasteiger charge is -2.18. The zero-order chi connectivity index (χ0) is 17.9. The number of benzene rings is 2. The molecule has 0 saturated carbocycles. The van der Waals surface area contributed by atoms with Gasteiger partial charge in [-0.05, 0) is 36.8 Å². The quantitative estimate of drug-likeness (QED) is 0.525. The van der Waals surface area contributed by atoms with Gasteiger partial charge in [-0.2, -0.15) is 0 Å². The Balaban J connectivity index is 2.14. The number of hydrogen-bond donors (Lipinski definition) is 1. The van der Waals surface area contributed by atoms with Gasteiger partial charge in [0.2, 0.25) is 0 Å². The molecule has 25 heavy (non-hydrogen) atoms. The Morgan fingerprint density at radius 1 is 1.04 bits per heavy atom. The fraction of sp³-hybridized carbons (Fsp3) is 0.167. The number of carbonyl (C=O) groups is 1. The maximum Gasteiger partial charge on any atom is 0.268 e. The van der Waals surface area contributed by atoms with Crippen molar-refractivity contribution in [1.29, 1.82) is 0 Å². The summed E-state index contributed by atoms with van der Waals surface area (Å²) in [7, 11) is 0. The maximum absolute atomic E-state index is 14.3. The summed E-state index contributed by atoms with van der Waals surface area (Å²) in [5, 5.41) is 3.14. The molecule has 4 rings (SSSR count). The first-order valence-electron chi connectivity index (χ1n) is 7.64. The van der Waals surface area contributed by atoms with Gasteiger partial charge in [-0.15, -0.1) is 0 Å². The predicted octanol–water partition coefficient (Wildman–Crippen LogP) is 3.92. The summed E-state index contributed by atoms with van der Waals surface area (Å²) in [6.07, 6.45) is 0. The first kappa shape index (κ1) is 15.7. The minimum atomic E-state index is -1.62. The van der Waals surface area contributed by atoms with Crippen LogP contribution in [0.1, 0.15) is 16.1 Å². The fourth-order valence-electron chi connectivity index (χ4n) is 3.44. The predicted molar refractivity (Wildman–Crippen MR) is 84.3 cm³/mol. The molecule has 0 aliphatic carbocycles. The Morgan fingerprint density at radius 3 is 2.56 bits per heavy atom. The van der Waals surface area contributed by atoms with Crippen molar-refractivity contribution in [3.8, 4) is 11.1 Å². The molecule has 1 aromatic heterocycles. The monoisotopic (exact) mass is 348 g/mol. The van der Waals surface area contributed by atoms with Gasteiger partial charge >= 0.3 is 0 Å². The molecule has 3 aromatic rings. The second-order valence-corrected chi connectivity index (χ2v) is 5.95. The highest BCUT2D eigenvalue weighted by atomic mass is 19.2. The number of nitrogens with zero attached hydrogens (tertiary/aromatic N) is 1. The van der Waals surface area contributed by atoms with Crippen molar-refractivity contribution in [2.75, 3.05) is 6.54 Å². The number of amides is 1. The van der Waals surface area contributed by atoms with Gasteiger partial charge in [0.25, 0.3) is 5.91 Å². The van der Waals surface area contributed by atoms with E-state index >= 15 is 0 Å². The molecule has 0 saturated heterocycles. The smallest absolute Gasteiger partial charge is 0.268 e. The molecule has 3 nitrogen and oxygen atoms in total. The van der Waals surface area contributed by atoms with E-state index in [4.69, 9.17) is 0 Å². The molecular weight excluding hydrogens is 336 g/mol. The van der Waals surface area contributed by atoms with E-state index in [1.165, 1.54) is 6.07 Å². The molecule has 7 heteroatoms. The zero-order valence-electron chi connectivity index (χ0n) is 13.1. The number of carbonyl (C=O) groups excluding carboxylic acids is 1. The lowest BCUT2D eigenvalue weighted by Crippen LogP contribution is -2.35. The molecule has 0 atom stereocenters. The van der Waals surface area contributed by atoms with Gasteiger partial charge in [0, 0.05) is 29.6 Å². The number of aryl methyl sites for hydroxylation is 1. The highest BCUT2D eigenvalue weighted by Crippen LogP contribution is 2.37. The summed E-state index contributed by atoms with van der Waals surface area (Å²) in [4.78, 5) is 12.2. The third-order valence-electron chi connectivity index (χ3n) is 4.54. The van der Waals surface area contributed by atoms with E-state index in [1.54, 1.807) is 11.5 Å². The average Bonchev–Trinajstić information content (AvgIpc) is 2.86. The SMILES string of the molecule is Cc1c2n(c3c(-c4ccc(F)c(F)c4F)cc(F)cc13)CCNC2=O. The zero-order valence-corrected chi connectivity index (χ0v) is 13.1. The van der Waals surface area contributed by atoms with E-state index in [9.17, 15) is 22.4 Å². The minimum absolute atomic E-state index is 0.0791. The second kappa shape index (κ2) is 5.34. The van der Waals surface area contributed by atoms with Crippen molar-refractivity contribution in [2.45, 2.75) is 13.5 Å². The minimum Gasteiger partial charge on any atom is -0.349 e. The molecule has 2 aromatic carbocycles. The molecule has 1 aliphatic heterocycles. The van der Waals surface area contributed by atoms with Crippen LogP contribution in [0, 0.1) is 30.2 Å². The molecule has 0 fully saturated rings. The van der Waals surface area contributed by atoms with Crippen molar-refractivity contribution in [1.82, 2.24) is 9.88 Å². The normalized spacial score (nSPS) is 13.9. The van der Waals surface area contributed by atoms with Gasteiger partial charge < -0.3 is 9.88 Å². The number of nitrogens with one attached hydrogen (secondary N) is 1. The van der Waals surface area contributed by atoms with Gasteiger partial charge in [-0.3, -0.25) is 4.79 Å². The van der Waals surface area contributed by atoms with Gasteiger partial charge in [0.1, 0.15) is 11.5 Å². The van der Waals surface area contributed by atoms with Crippen LogP contribution in [0.3, 0.4) is 0 Å². The van der Waals surface area contributed by atoms with Crippen LogP contribution in [0.4, 0.5) is 17.6 Å². The largest absolute Gasteiger partial charge is 0.349 e. The standard InChI is InChI=1S/C18H12F4N2O/c1-8-11-6-9(19)7-12(10-2-3-13(20)15(22)14(10)21)17(11)24-5-4-23-18(25)16(8)24/h2-3,6-7H,4-5H2,1H3,(H,23,25). The summed E-state index contributed by atoms with van der Waals surface area (Å²) in [6, 6.07) is 4.19. The van der Waals surface area contributed by atoms with Crippen LogP contribution in [0.25, 0.3) is 22.0 Å². The Bertz CT molecular complexity index is 1060. The Kier molecular flexibility index (Phi) is 3.35. The summed E-state index contributed by atoms with van der Waals surface area (Å²) in [5.74, 6) is -5.29.